The normalized spacial score (nSPS) is 15.5. The number of H-pyrrole nitrogens is 2. The van der Waals surface area contributed by atoms with Crippen LogP contribution in [0, 0.1) is 6.92 Å². The van der Waals surface area contributed by atoms with Gasteiger partial charge in [0.1, 0.15) is 11.6 Å². The molecule has 1 aliphatic carbocycles. The Balaban J connectivity index is 1.45. The van der Waals surface area contributed by atoms with Crippen molar-refractivity contribution in [3.63, 3.8) is 0 Å². The molecule has 0 radical (unpaired) electrons. The molecule has 1 aliphatic rings. The number of nitrogens with one attached hydrogen (secondary N) is 2. The van der Waals surface area contributed by atoms with E-state index in [0.717, 1.165) is 56.6 Å². The minimum absolute atomic E-state index is 0.321. The topological polar surface area (TPSA) is 95.7 Å². The Bertz CT molecular complexity index is 1590. The van der Waals surface area contributed by atoms with Gasteiger partial charge in [0.15, 0.2) is 0 Å². The summed E-state index contributed by atoms with van der Waals surface area (Å²) in [6.07, 6.45) is 10.7. The number of allylic oxidation sites excluding steroid dienone is 5. The van der Waals surface area contributed by atoms with E-state index in [1.807, 2.05) is 37.3 Å². The summed E-state index contributed by atoms with van der Waals surface area (Å²) in [6.45, 7) is 8.35. The van der Waals surface area contributed by atoms with Crippen LogP contribution < -0.4 is 5.73 Å². The predicted molar refractivity (Wildman–Crippen MR) is 154 cm³/mol. The summed E-state index contributed by atoms with van der Waals surface area (Å²) in [5.41, 5.74) is 16.1. The van der Waals surface area contributed by atoms with Crippen LogP contribution in [0.5, 0.6) is 0 Å². The predicted octanol–water partition coefficient (Wildman–Crippen LogP) is 7.07. The summed E-state index contributed by atoms with van der Waals surface area (Å²) in [5, 5.41) is 0. The van der Waals surface area contributed by atoms with Crippen LogP contribution in [0.1, 0.15) is 55.9 Å². The molecular weight excluding hydrogens is 456 g/mol. The van der Waals surface area contributed by atoms with Crippen molar-refractivity contribution < 1.29 is 0 Å². The summed E-state index contributed by atoms with van der Waals surface area (Å²) >= 11 is 0. The fourth-order valence-corrected chi connectivity index (χ4v) is 4.50. The molecule has 0 fully saturated rings. The van der Waals surface area contributed by atoms with Gasteiger partial charge in [-0.15, -0.1) is 0 Å². The quantitative estimate of drug-likeness (QED) is 0.253. The molecule has 37 heavy (non-hydrogen) atoms. The summed E-state index contributed by atoms with van der Waals surface area (Å²) in [7, 11) is 0. The molecule has 4 N–H and O–H groups in total. The maximum Gasteiger partial charge on any atom is 0.138 e. The van der Waals surface area contributed by atoms with Crippen molar-refractivity contribution in [1.82, 2.24) is 19.9 Å². The number of nitrogens with zero attached hydrogens (tertiary/aromatic N) is 3. The maximum atomic E-state index is 6.18. The minimum atomic E-state index is 0.321. The zero-order chi connectivity index (χ0) is 25.9. The average molecular weight is 489 g/mol. The molecule has 5 rings (SSSR count). The van der Waals surface area contributed by atoms with E-state index < -0.39 is 0 Å². The molecule has 2 aromatic heterocycles. The van der Waals surface area contributed by atoms with Crippen LogP contribution in [0.25, 0.3) is 34.1 Å². The molecule has 4 aromatic rings. The average Bonchev–Trinajstić information content (AvgIpc) is 3.44. The summed E-state index contributed by atoms with van der Waals surface area (Å²) in [6, 6.07) is 16.7. The molecule has 0 aliphatic heterocycles. The number of hydrogen-bond acceptors (Lipinski definition) is 4. The number of aromatic amines is 2. The molecule has 186 valence electrons. The van der Waals surface area contributed by atoms with Crippen molar-refractivity contribution in [1.29, 1.82) is 0 Å². The van der Waals surface area contributed by atoms with E-state index in [1.54, 1.807) is 6.21 Å². The first kappa shape index (κ1) is 24.3. The maximum absolute atomic E-state index is 6.18. The van der Waals surface area contributed by atoms with Crippen molar-refractivity contribution in [2.24, 2.45) is 10.7 Å². The third-order valence-corrected chi connectivity index (χ3v) is 6.82. The van der Waals surface area contributed by atoms with Crippen LogP contribution in [0.3, 0.4) is 0 Å². The summed E-state index contributed by atoms with van der Waals surface area (Å²) in [5.74, 6) is 1.94. The Morgan fingerprint density at radius 1 is 1.08 bits per heavy atom. The highest BCUT2D eigenvalue weighted by Gasteiger charge is 2.14. The Labute approximate surface area is 217 Å². The van der Waals surface area contributed by atoms with E-state index in [9.17, 15) is 0 Å². The van der Waals surface area contributed by atoms with E-state index in [4.69, 9.17) is 15.7 Å². The van der Waals surface area contributed by atoms with Crippen LogP contribution in [-0.4, -0.2) is 26.2 Å². The van der Waals surface area contributed by atoms with Crippen LogP contribution in [0.15, 0.2) is 88.7 Å². The molecule has 1 unspecified atom stereocenters. The lowest BCUT2D eigenvalue weighted by molar-refractivity contribution is 0.901. The highest BCUT2D eigenvalue weighted by Crippen LogP contribution is 2.29. The number of benzene rings is 2. The van der Waals surface area contributed by atoms with Crippen molar-refractivity contribution >= 4 is 28.9 Å². The molecular formula is C31H32N6. The molecule has 2 heterocycles. The highest BCUT2D eigenvalue weighted by molar-refractivity contribution is 5.85. The fourth-order valence-electron chi connectivity index (χ4n) is 4.50. The Hall–Kier alpha value is -4.45. The van der Waals surface area contributed by atoms with Gasteiger partial charge in [0.25, 0.3) is 0 Å². The van der Waals surface area contributed by atoms with Crippen LogP contribution in [0.2, 0.25) is 0 Å². The first-order chi connectivity index (χ1) is 17.9. The van der Waals surface area contributed by atoms with Crippen molar-refractivity contribution in [3.8, 4) is 11.4 Å². The zero-order valence-electron chi connectivity index (χ0n) is 21.7. The van der Waals surface area contributed by atoms with E-state index in [-0.39, 0.29) is 0 Å². The number of imidazole rings is 2. The molecule has 0 spiro atoms. The van der Waals surface area contributed by atoms with Gasteiger partial charge >= 0.3 is 0 Å². The fraction of sp³-hybridized carbons (Fsp3) is 0.194. The number of hydrogen-bond donors (Lipinski definition) is 3. The molecule has 0 amide bonds. The molecule has 6 heteroatoms. The molecule has 1 atom stereocenters. The first-order valence-electron chi connectivity index (χ1n) is 12.6. The van der Waals surface area contributed by atoms with Crippen LogP contribution in [-0.2, 0) is 0 Å². The lowest BCUT2D eigenvalue weighted by Crippen LogP contribution is -1.98. The van der Waals surface area contributed by atoms with Gasteiger partial charge in [0.05, 0.1) is 22.4 Å². The van der Waals surface area contributed by atoms with Crippen LogP contribution in [0.4, 0.5) is 0 Å². The van der Waals surface area contributed by atoms with Crippen LogP contribution >= 0.6 is 0 Å². The third-order valence-electron chi connectivity index (χ3n) is 6.82. The van der Waals surface area contributed by atoms with Crippen molar-refractivity contribution in [2.75, 3.05) is 0 Å². The van der Waals surface area contributed by atoms with Gasteiger partial charge in [-0.05, 0) is 56.7 Å². The van der Waals surface area contributed by atoms with E-state index in [0.29, 0.717) is 12.3 Å². The molecule has 6 nitrogen and oxygen atoms in total. The second kappa shape index (κ2) is 10.3. The zero-order valence-corrected chi connectivity index (χ0v) is 21.7. The summed E-state index contributed by atoms with van der Waals surface area (Å²) in [4.78, 5) is 21.1. The lowest BCUT2D eigenvalue weighted by Gasteiger charge is -2.12. The van der Waals surface area contributed by atoms with Gasteiger partial charge in [-0.1, -0.05) is 55.0 Å². The Morgan fingerprint density at radius 2 is 1.89 bits per heavy atom. The standard InChI is InChI=1S/C31H32N6/c1-5-33-28-17-23(12-9-13-25(28)32)31-35-26-15-14-24(18-29(26)37-31)30-34-21(4)27(36-30)16-19(2)20(3)22-10-7-6-8-11-22/h5-12,14-18,20H,13,32H2,1-4H3,(H,34,36)(H,35,37)/b19-16-,33-5?. The SMILES string of the molecule is CC=NC1=C(N)CC=CC(c2nc3ccc(-c4nc(/C=C(/C)C(C)c5ccccc5)c(C)[nH]4)cc3[nH]2)=C1. The number of aliphatic imine (C=N–C) groups is 1. The molecule has 0 bridgehead atoms. The number of fused-ring (bicyclic) bond motifs is 1. The first-order valence-corrected chi connectivity index (χ1v) is 12.6. The van der Waals surface area contributed by atoms with Gasteiger partial charge in [-0.25, -0.2) is 9.97 Å². The van der Waals surface area contributed by atoms with Crippen molar-refractivity contribution in [3.05, 3.63) is 107 Å². The van der Waals surface area contributed by atoms with E-state index in [1.165, 1.54) is 11.1 Å². The number of nitrogens with two attached hydrogens (primary N) is 1. The van der Waals surface area contributed by atoms with Gasteiger partial charge in [0, 0.05) is 41.1 Å². The highest BCUT2D eigenvalue weighted by atomic mass is 14.9. The molecule has 2 aromatic carbocycles. The number of aryl methyl sites for hydroxylation is 1. The molecule has 0 saturated heterocycles. The molecule has 0 saturated carbocycles. The lowest BCUT2D eigenvalue weighted by atomic mass is 9.93. The van der Waals surface area contributed by atoms with Gasteiger partial charge in [-0.3, -0.25) is 4.99 Å². The Kier molecular flexibility index (Phi) is 6.73. The second-order valence-electron chi connectivity index (χ2n) is 9.44. The van der Waals surface area contributed by atoms with Gasteiger partial charge < -0.3 is 15.7 Å². The van der Waals surface area contributed by atoms with E-state index in [2.05, 4.69) is 78.2 Å². The van der Waals surface area contributed by atoms with E-state index >= 15 is 0 Å². The Morgan fingerprint density at radius 3 is 2.68 bits per heavy atom. The summed E-state index contributed by atoms with van der Waals surface area (Å²) < 4.78 is 0. The van der Waals surface area contributed by atoms with Gasteiger partial charge in [0.2, 0.25) is 0 Å². The number of rotatable bonds is 6. The minimum Gasteiger partial charge on any atom is -0.400 e. The second-order valence-corrected chi connectivity index (χ2v) is 9.44. The van der Waals surface area contributed by atoms with Gasteiger partial charge in [-0.2, -0.15) is 0 Å². The third kappa shape index (κ3) is 5.09. The smallest absolute Gasteiger partial charge is 0.138 e. The van der Waals surface area contributed by atoms with Crippen molar-refractivity contribution in [2.45, 2.75) is 40.0 Å². The largest absolute Gasteiger partial charge is 0.400 e. The monoisotopic (exact) mass is 488 g/mol. The number of aromatic nitrogens is 4.